The van der Waals surface area contributed by atoms with E-state index in [1.165, 1.54) is 38.5 Å². The van der Waals surface area contributed by atoms with Crippen molar-refractivity contribution in [1.29, 1.82) is 0 Å². The fraction of sp³-hybridized carbons (Fsp3) is 1.00. The van der Waals surface area contributed by atoms with Gasteiger partial charge in [-0.3, -0.25) is 4.90 Å². The highest BCUT2D eigenvalue weighted by atomic mass is 16.5. The van der Waals surface area contributed by atoms with Crippen molar-refractivity contribution in [3.63, 3.8) is 0 Å². The predicted octanol–water partition coefficient (Wildman–Crippen LogP) is 2.04. The second-order valence-corrected chi connectivity index (χ2v) is 6.90. The second kappa shape index (κ2) is 7.40. The van der Waals surface area contributed by atoms with E-state index in [1.807, 2.05) is 0 Å². The molecule has 4 heteroatoms. The van der Waals surface area contributed by atoms with E-state index in [0.717, 1.165) is 52.0 Å². The summed E-state index contributed by atoms with van der Waals surface area (Å²) in [7, 11) is 0. The van der Waals surface area contributed by atoms with Crippen molar-refractivity contribution in [1.82, 2.24) is 10.2 Å². The zero-order valence-electron chi connectivity index (χ0n) is 13.6. The molecule has 4 nitrogen and oxygen atoms in total. The molecular weight excluding hydrogens is 264 g/mol. The number of hydrogen-bond acceptors (Lipinski definition) is 4. The zero-order chi connectivity index (χ0) is 14.5. The highest BCUT2D eigenvalue weighted by Crippen LogP contribution is 2.42. The van der Waals surface area contributed by atoms with Crippen LogP contribution in [0.15, 0.2) is 0 Å². The number of hydrogen-bond donors (Lipinski definition) is 1. The Morgan fingerprint density at radius 2 is 1.67 bits per heavy atom. The lowest BCUT2D eigenvalue weighted by Crippen LogP contribution is -2.65. The van der Waals surface area contributed by atoms with Crippen LogP contribution < -0.4 is 5.32 Å². The summed E-state index contributed by atoms with van der Waals surface area (Å²) >= 11 is 0. The van der Waals surface area contributed by atoms with Crippen LogP contribution in [0.3, 0.4) is 0 Å². The standard InChI is InChI=1S/C17H32N2O2/c1-2-18-16(15-5-11-20-12-6-15)17(7-3-4-8-17)19-9-13-21-14-10-19/h15-16,18H,2-14H2,1H3. The summed E-state index contributed by atoms with van der Waals surface area (Å²) in [6.45, 7) is 9.29. The van der Waals surface area contributed by atoms with Gasteiger partial charge in [-0.2, -0.15) is 0 Å². The van der Waals surface area contributed by atoms with Crippen molar-refractivity contribution in [2.45, 2.75) is 57.0 Å². The molecule has 1 unspecified atom stereocenters. The highest BCUT2D eigenvalue weighted by molar-refractivity contribution is 5.06. The zero-order valence-corrected chi connectivity index (χ0v) is 13.6. The van der Waals surface area contributed by atoms with Gasteiger partial charge in [0.2, 0.25) is 0 Å². The van der Waals surface area contributed by atoms with Gasteiger partial charge in [0.1, 0.15) is 0 Å². The molecule has 0 aromatic rings. The van der Waals surface area contributed by atoms with Gasteiger partial charge in [-0.25, -0.2) is 0 Å². The van der Waals surface area contributed by atoms with Crippen LogP contribution in [0.5, 0.6) is 0 Å². The molecule has 1 N–H and O–H groups in total. The molecule has 0 spiro atoms. The third-order valence-electron chi connectivity index (χ3n) is 5.85. The molecule has 3 fully saturated rings. The minimum absolute atomic E-state index is 0.377. The summed E-state index contributed by atoms with van der Waals surface area (Å²) in [5, 5.41) is 3.89. The van der Waals surface area contributed by atoms with Crippen LogP contribution in [0.25, 0.3) is 0 Å². The lowest BCUT2D eigenvalue weighted by molar-refractivity contribution is -0.0555. The molecule has 21 heavy (non-hydrogen) atoms. The van der Waals surface area contributed by atoms with E-state index < -0.39 is 0 Å². The second-order valence-electron chi connectivity index (χ2n) is 6.90. The van der Waals surface area contributed by atoms with Gasteiger partial charge in [-0.15, -0.1) is 0 Å². The first-order valence-electron chi connectivity index (χ1n) is 9.01. The molecule has 2 aliphatic heterocycles. The molecular formula is C17H32N2O2. The molecule has 1 atom stereocenters. The molecule has 0 amide bonds. The summed E-state index contributed by atoms with van der Waals surface area (Å²) in [4.78, 5) is 2.77. The van der Waals surface area contributed by atoms with Crippen LogP contribution in [0.4, 0.5) is 0 Å². The van der Waals surface area contributed by atoms with Crippen molar-refractivity contribution < 1.29 is 9.47 Å². The van der Waals surface area contributed by atoms with Crippen LogP contribution in [-0.2, 0) is 9.47 Å². The average molecular weight is 296 g/mol. The van der Waals surface area contributed by atoms with Gasteiger partial charge in [0.05, 0.1) is 13.2 Å². The van der Waals surface area contributed by atoms with Crippen LogP contribution in [-0.4, -0.2) is 62.5 Å². The summed E-state index contributed by atoms with van der Waals surface area (Å²) in [5.41, 5.74) is 0.377. The van der Waals surface area contributed by atoms with Gasteiger partial charge in [-0.05, 0) is 38.1 Å². The van der Waals surface area contributed by atoms with E-state index >= 15 is 0 Å². The summed E-state index contributed by atoms with van der Waals surface area (Å²) in [6, 6.07) is 0.631. The maximum Gasteiger partial charge on any atom is 0.0594 e. The Balaban J connectivity index is 1.80. The van der Waals surface area contributed by atoms with Gasteiger partial charge in [-0.1, -0.05) is 19.8 Å². The number of nitrogens with zero attached hydrogens (tertiary/aromatic N) is 1. The first kappa shape index (κ1) is 15.7. The minimum atomic E-state index is 0.377. The van der Waals surface area contributed by atoms with Crippen molar-refractivity contribution in [3.05, 3.63) is 0 Å². The molecule has 1 aliphatic carbocycles. The molecule has 0 aromatic heterocycles. The van der Waals surface area contributed by atoms with E-state index in [2.05, 4.69) is 17.1 Å². The van der Waals surface area contributed by atoms with Crippen LogP contribution in [0.2, 0.25) is 0 Å². The maximum absolute atomic E-state index is 5.61. The van der Waals surface area contributed by atoms with Crippen LogP contribution in [0.1, 0.15) is 45.4 Å². The largest absolute Gasteiger partial charge is 0.381 e. The van der Waals surface area contributed by atoms with Crippen molar-refractivity contribution in [2.75, 3.05) is 46.1 Å². The number of rotatable bonds is 5. The fourth-order valence-corrected chi connectivity index (χ4v) is 4.88. The number of likely N-dealkylation sites (N-methyl/N-ethyl adjacent to an activating group) is 1. The molecule has 0 aromatic carbocycles. The third kappa shape index (κ3) is 3.29. The third-order valence-corrected chi connectivity index (χ3v) is 5.85. The topological polar surface area (TPSA) is 33.7 Å². The van der Waals surface area contributed by atoms with E-state index in [4.69, 9.17) is 9.47 Å². The normalized spacial score (nSPS) is 29.6. The molecule has 1 saturated carbocycles. The van der Waals surface area contributed by atoms with Gasteiger partial charge >= 0.3 is 0 Å². The van der Waals surface area contributed by atoms with Crippen molar-refractivity contribution in [3.8, 4) is 0 Å². The van der Waals surface area contributed by atoms with E-state index in [0.29, 0.717) is 11.6 Å². The maximum atomic E-state index is 5.61. The Morgan fingerprint density at radius 1 is 1.05 bits per heavy atom. The lowest BCUT2D eigenvalue weighted by Gasteiger charge is -2.51. The lowest BCUT2D eigenvalue weighted by atomic mass is 9.75. The summed E-state index contributed by atoms with van der Waals surface area (Å²) < 4.78 is 11.2. The van der Waals surface area contributed by atoms with Crippen LogP contribution in [0, 0.1) is 5.92 Å². The smallest absolute Gasteiger partial charge is 0.0594 e. The molecule has 3 aliphatic rings. The molecule has 0 bridgehead atoms. The number of morpholine rings is 1. The Bertz CT molecular complexity index is 306. The van der Waals surface area contributed by atoms with Gasteiger partial charge < -0.3 is 14.8 Å². The van der Waals surface area contributed by atoms with E-state index in [-0.39, 0.29) is 0 Å². The monoisotopic (exact) mass is 296 g/mol. The number of ether oxygens (including phenoxy) is 2. The minimum Gasteiger partial charge on any atom is -0.381 e. The first-order valence-corrected chi connectivity index (χ1v) is 9.01. The Morgan fingerprint density at radius 3 is 2.29 bits per heavy atom. The highest BCUT2D eigenvalue weighted by Gasteiger charge is 2.48. The molecule has 2 heterocycles. The average Bonchev–Trinajstić information content (AvgIpc) is 3.05. The number of nitrogens with one attached hydrogen (secondary N) is 1. The molecule has 122 valence electrons. The fourth-order valence-electron chi connectivity index (χ4n) is 4.88. The van der Waals surface area contributed by atoms with Gasteiger partial charge in [0, 0.05) is 37.9 Å². The van der Waals surface area contributed by atoms with Gasteiger partial charge in [0.25, 0.3) is 0 Å². The van der Waals surface area contributed by atoms with Gasteiger partial charge in [0.15, 0.2) is 0 Å². The first-order chi connectivity index (χ1) is 10.4. The quantitative estimate of drug-likeness (QED) is 0.842. The van der Waals surface area contributed by atoms with Crippen LogP contribution >= 0.6 is 0 Å². The predicted molar refractivity (Wildman–Crippen MR) is 84.6 cm³/mol. The molecule has 3 rings (SSSR count). The summed E-state index contributed by atoms with van der Waals surface area (Å²) in [5.74, 6) is 0.777. The Hall–Kier alpha value is -0.160. The van der Waals surface area contributed by atoms with Crippen molar-refractivity contribution in [2.24, 2.45) is 5.92 Å². The summed E-state index contributed by atoms with van der Waals surface area (Å²) in [6.07, 6.45) is 7.96. The Kier molecular flexibility index (Phi) is 5.54. The van der Waals surface area contributed by atoms with E-state index in [9.17, 15) is 0 Å². The van der Waals surface area contributed by atoms with Crippen molar-refractivity contribution >= 4 is 0 Å². The molecule has 2 saturated heterocycles. The Labute approximate surface area is 129 Å². The molecule has 0 radical (unpaired) electrons. The van der Waals surface area contributed by atoms with E-state index in [1.54, 1.807) is 0 Å². The SMILES string of the molecule is CCNC(C1CCOCC1)C1(N2CCOCC2)CCCC1.